The molecule has 10 heteroatoms. The van der Waals surface area contributed by atoms with Crippen molar-refractivity contribution in [2.75, 3.05) is 18.5 Å². The number of thioether (sulfide) groups is 1. The number of amides is 2. The predicted molar refractivity (Wildman–Crippen MR) is 138 cm³/mol. The number of nitro groups is 1. The monoisotopic (exact) mass is 499 g/mol. The Morgan fingerprint density at radius 1 is 1.15 bits per heavy atom. The van der Waals surface area contributed by atoms with Crippen LogP contribution in [-0.2, 0) is 9.59 Å². The van der Waals surface area contributed by atoms with Gasteiger partial charge in [0.15, 0.2) is 0 Å². The standard InChI is InChI=1S/C24H25N3O5S2/c1-2-32-20-13-9-18(10-14-20)25-22(28)6-4-3-5-15-26-23(29)21(34-24(26)33)16-17-7-11-19(12-8-17)27(30)31/h7-14,16H,2-6,15H2,1H3,(H,25,28)/b21-16-. The number of thiocarbonyl (C=S) groups is 1. The maximum absolute atomic E-state index is 12.7. The molecule has 3 rings (SSSR count). The van der Waals surface area contributed by atoms with E-state index in [2.05, 4.69) is 5.32 Å². The first-order valence-corrected chi connectivity index (χ1v) is 12.1. The van der Waals surface area contributed by atoms with Gasteiger partial charge in [-0.1, -0.05) is 30.4 Å². The molecule has 2 amide bonds. The van der Waals surface area contributed by atoms with Crippen molar-refractivity contribution < 1.29 is 19.2 Å². The maximum Gasteiger partial charge on any atom is 0.269 e. The van der Waals surface area contributed by atoms with E-state index in [1.165, 1.54) is 23.9 Å². The van der Waals surface area contributed by atoms with Crippen LogP contribution in [0.4, 0.5) is 11.4 Å². The van der Waals surface area contributed by atoms with E-state index in [9.17, 15) is 19.7 Å². The number of non-ortho nitro benzene ring substituents is 1. The first-order chi connectivity index (χ1) is 16.4. The summed E-state index contributed by atoms with van der Waals surface area (Å²) in [6.07, 6.45) is 4.30. The molecule has 2 aromatic carbocycles. The van der Waals surface area contributed by atoms with Gasteiger partial charge >= 0.3 is 0 Å². The minimum absolute atomic E-state index is 0.00198. The highest BCUT2D eigenvalue weighted by Crippen LogP contribution is 2.33. The van der Waals surface area contributed by atoms with Crippen molar-refractivity contribution in [1.82, 2.24) is 4.90 Å². The molecule has 34 heavy (non-hydrogen) atoms. The molecular weight excluding hydrogens is 474 g/mol. The number of benzene rings is 2. The fourth-order valence-corrected chi connectivity index (χ4v) is 4.60. The first kappa shape index (κ1) is 25.4. The number of carbonyl (C=O) groups is 2. The summed E-state index contributed by atoms with van der Waals surface area (Å²) in [5.41, 5.74) is 1.42. The molecule has 1 N–H and O–H groups in total. The van der Waals surface area contributed by atoms with Crippen LogP contribution in [0, 0.1) is 10.1 Å². The number of anilines is 1. The number of unbranched alkanes of at least 4 members (excludes halogenated alkanes) is 2. The van der Waals surface area contributed by atoms with Gasteiger partial charge < -0.3 is 10.1 Å². The average molecular weight is 500 g/mol. The fourth-order valence-electron chi connectivity index (χ4n) is 3.29. The van der Waals surface area contributed by atoms with Crippen LogP contribution < -0.4 is 10.1 Å². The molecule has 1 saturated heterocycles. The summed E-state index contributed by atoms with van der Waals surface area (Å²) in [5.74, 6) is 0.543. The first-order valence-electron chi connectivity index (χ1n) is 10.9. The lowest BCUT2D eigenvalue weighted by molar-refractivity contribution is -0.384. The number of ether oxygens (including phenoxy) is 1. The third-order valence-electron chi connectivity index (χ3n) is 5.01. The highest BCUT2D eigenvalue weighted by Gasteiger charge is 2.31. The number of nitrogens with zero attached hydrogens (tertiary/aromatic N) is 2. The van der Waals surface area contributed by atoms with E-state index in [0.717, 1.165) is 24.3 Å². The molecule has 1 aliphatic rings. The van der Waals surface area contributed by atoms with E-state index in [4.69, 9.17) is 17.0 Å². The number of nitrogens with one attached hydrogen (secondary N) is 1. The van der Waals surface area contributed by atoms with Gasteiger partial charge in [0.25, 0.3) is 11.6 Å². The molecule has 1 fully saturated rings. The van der Waals surface area contributed by atoms with Gasteiger partial charge in [0.1, 0.15) is 10.1 Å². The lowest BCUT2D eigenvalue weighted by atomic mass is 10.1. The maximum atomic E-state index is 12.7. The zero-order valence-electron chi connectivity index (χ0n) is 18.7. The Hall–Kier alpha value is -3.24. The molecular formula is C24H25N3O5S2. The summed E-state index contributed by atoms with van der Waals surface area (Å²) in [6.45, 7) is 3.00. The molecule has 0 radical (unpaired) electrons. The number of nitro benzene ring substituents is 1. The normalized spacial score (nSPS) is 14.5. The van der Waals surface area contributed by atoms with Gasteiger partial charge in [0.05, 0.1) is 16.4 Å². The second kappa shape index (κ2) is 12.3. The average Bonchev–Trinajstić information content (AvgIpc) is 3.08. The molecule has 2 aromatic rings. The van der Waals surface area contributed by atoms with Crippen LogP contribution in [0.5, 0.6) is 5.75 Å². The van der Waals surface area contributed by atoms with Gasteiger partial charge in [0, 0.05) is 30.8 Å². The van der Waals surface area contributed by atoms with Gasteiger partial charge in [-0.2, -0.15) is 0 Å². The summed E-state index contributed by atoms with van der Waals surface area (Å²) >= 11 is 6.57. The summed E-state index contributed by atoms with van der Waals surface area (Å²) in [5, 5.41) is 13.6. The number of rotatable bonds is 11. The highest BCUT2D eigenvalue weighted by atomic mass is 32.2. The van der Waals surface area contributed by atoms with Crippen LogP contribution in [0.3, 0.4) is 0 Å². The molecule has 0 spiro atoms. The molecule has 0 bridgehead atoms. The Kier molecular flexibility index (Phi) is 9.17. The number of hydrogen-bond acceptors (Lipinski definition) is 7. The van der Waals surface area contributed by atoms with Crippen molar-refractivity contribution in [3.05, 3.63) is 69.1 Å². The zero-order valence-corrected chi connectivity index (χ0v) is 20.3. The van der Waals surface area contributed by atoms with Crippen LogP contribution in [0.25, 0.3) is 6.08 Å². The molecule has 8 nitrogen and oxygen atoms in total. The minimum atomic E-state index is -0.465. The molecule has 0 atom stereocenters. The second-order valence-electron chi connectivity index (χ2n) is 7.50. The van der Waals surface area contributed by atoms with E-state index in [1.807, 2.05) is 31.2 Å². The lowest BCUT2D eigenvalue weighted by Gasteiger charge is -2.14. The quantitative estimate of drug-likeness (QED) is 0.145. The lowest BCUT2D eigenvalue weighted by Crippen LogP contribution is -2.29. The Morgan fingerprint density at radius 3 is 2.50 bits per heavy atom. The number of hydrogen-bond donors (Lipinski definition) is 1. The van der Waals surface area contributed by atoms with Crippen molar-refractivity contribution in [2.24, 2.45) is 0 Å². The highest BCUT2D eigenvalue weighted by molar-refractivity contribution is 8.26. The minimum Gasteiger partial charge on any atom is -0.494 e. The van der Waals surface area contributed by atoms with Crippen LogP contribution in [0.15, 0.2) is 53.4 Å². The van der Waals surface area contributed by atoms with Crippen LogP contribution in [0.1, 0.15) is 38.2 Å². The molecule has 1 heterocycles. The smallest absolute Gasteiger partial charge is 0.269 e. The molecule has 178 valence electrons. The Balaban J connectivity index is 1.40. The summed E-state index contributed by atoms with van der Waals surface area (Å²) in [6, 6.07) is 13.3. The topological polar surface area (TPSA) is 102 Å². The Morgan fingerprint density at radius 2 is 1.85 bits per heavy atom. The predicted octanol–water partition coefficient (Wildman–Crippen LogP) is 5.39. The van der Waals surface area contributed by atoms with E-state index >= 15 is 0 Å². The SMILES string of the molecule is CCOc1ccc(NC(=O)CCCCCN2C(=O)/C(=C/c3ccc([N+](=O)[O-])cc3)SC2=S)cc1. The summed E-state index contributed by atoms with van der Waals surface area (Å²) in [4.78, 5) is 37.2. The van der Waals surface area contributed by atoms with Crippen molar-refractivity contribution in [1.29, 1.82) is 0 Å². The van der Waals surface area contributed by atoms with E-state index < -0.39 is 4.92 Å². The van der Waals surface area contributed by atoms with Gasteiger partial charge in [-0.3, -0.25) is 24.6 Å². The zero-order chi connectivity index (χ0) is 24.5. The Bertz CT molecular complexity index is 1080. The second-order valence-corrected chi connectivity index (χ2v) is 9.17. The molecule has 0 unspecified atom stereocenters. The van der Waals surface area contributed by atoms with Crippen molar-refractivity contribution in [3.63, 3.8) is 0 Å². The van der Waals surface area contributed by atoms with Gasteiger partial charge in [-0.05, 0) is 67.8 Å². The summed E-state index contributed by atoms with van der Waals surface area (Å²) in [7, 11) is 0. The number of carbonyl (C=O) groups excluding carboxylic acids is 2. The molecule has 0 aromatic heterocycles. The van der Waals surface area contributed by atoms with Crippen LogP contribution in [-0.4, -0.2) is 39.1 Å². The van der Waals surface area contributed by atoms with Crippen molar-refractivity contribution in [2.45, 2.75) is 32.6 Å². The van der Waals surface area contributed by atoms with E-state index in [1.54, 1.807) is 23.1 Å². The van der Waals surface area contributed by atoms with E-state index in [0.29, 0.717) is 40.8 Å². The Labute approximate surface area is 207 Å². The van der Waals surface area contributed by atoms with Gasteiger partial charge in [-0.15, -0.1) is 0 Å². The third kappa shape index (κ3) is 7.13. The molecule has 0 saturated carbocycles. The van der Waals surface area contributed by atoms with Gasteiger partial charge in [-0.25, -0.2) is 0 Å². The molecule has 1 aliphatic heterocycles. The third-order valence-corrected chi connectivity index (χ3v) is 6.39. The van der Waals surface area contributed by atoms with Gasteiger partial charge in [0.2, 0.25) is 5.91 Å². The van der Waals surface area contributed by atoms with Crippen LogP contribution >= 0.6 is 24.0 Å². The van der Waals surface area contributed by atoms with Crippen molar-refractivity contribution in [3.8, 4) is 5.75 Å². The van der Waals surface area contributed by atoms with Crippen LogP contribution in [0.2, 0.25) is 0 Å². The largest absolute Gasteiger partial charge is 0.494 e. The molecule has 0 aliphatic carbocycles. The fraction of sp³-hybridized carbons (Fsp3) is 0.292. The van der Waals surface area contributed by atoms with E-state index in [-0.39, 0.29) is 17.5 Å². The van der Waals surface area contributed by atoms with Crippen molar-refractivity contribution >= 4 is 57.6 Å². The summed E-state index contributed by atoms with van der Waals surface area (Å²) < 4.78 is 5.88.